The van der Waals surface area contributed by atoms with Gasteiger partial charge in [0.1, 0.15) is 16.5 Å². The van der Waals surface area contributed by atoms with Crippen LogP contribution in [0.2, 0.25) is 5.02 Å². The molecular formula is C17H17ClF3N3O. The highest BCUT2D eigenvalue weighted by atomic mass is 35.5. The summed E-state index contributed by atoms with van der Waals surface area (Å²) < 4.78 is 44.1. The van der Waals surface area contributed by atoms with Crippen molar-refractivity contribution in [2.75, 3.05) is 24.6 Å². The van der Waals surface area contributed by atoms with Crippen molar-refractivity contribution in [3.63, 3.8) is 0 Å². The summed E-state index contributed by atoms with van der Waals surface area (Å²) >= 11 is 6.00. The Kier molecular flexibility index (Phi) is 5.32. The van der Waals surface area contributed by atoms with Crippen LogP contribution in [-0.2, 0) is 6.18 Å². The third-order valence-corrected chi connectivity index (χ3v) is 4.51. The van der Waals surface area contributed by atoms with Crippen LogP contribution in [0, 0.1) is 5.92 Å². The van der Waals surface area contributed by atoms with Crippen LogP contribution in [0.1, 0.15) is 18.5 Å². The van der Waals surface area contributed by atoms with Crippen LogP contribution in [0.5, 0.6) is 5.75 Å². The Morgan fingerprint density at radius 3 is 2.64 bits per heavy atom. The van der Waals surface area contributed by atoms with Crippen molar-refractivity contribution in [2.24, 2.45) is 5.92 Å². The molecule has 0 bridgehead atoms. The molecule has 0 N–H and O–H groups in total. The Labute approximate surface area is 148 Å². The molecule has 1 fully saturated rings. The normalized spacial score (nSPS) is 16.1. The molecule has 8 heteroatoms. The van der Waals surface area contributed by atoms with Gasteiger partial charge in [-0.1, -0.05) is 11.6 Å². The van der Waals surface area contributed by atoms with E-state index in [0.29, 0.717) is 42.1 Å². The summed E-state index contributed by atoms with van der Waals surface area (Å²) in [7, 11) is 0. The molecule has 0 amide bonds. The van der Waals surface area contributed by atoms with Gasteiger partial charge in [0.25, 0.3) is 0 Å². The molecule has 3 rings (SSSR count). The Bertz CT molecular complexity index is 718. The molecule has 0 atom stereocenters. The monoisotopic (exact) mass is 371 g/mol. The Morgan fingerprint density at radius 2 is 1.96 bits per heavy atom. The third kappa shape index (κ3) is 4.54. The average molecular weight is 372 g/mol. The van der Waals surface area contributed by atoms with Crippen molar-refractivity contribution in [3.8, 4) is 5.75 Å². The number of ether oxygens (including phenoxy) is 1. The predicted molar refractivity (Wildman–Crippen MR) is 88.9 cm³/mol. The number of hydrogen-bond acceptors (Lipinski definition) is 4. The van der Waals surface area contributed by atoms with Crippen molar-refractivity contribution < 1.29 is 17.9 Å². The number of rotatable bonds is 4. The second-order valence-corrected chi connectivity index (χ2v) is 6.35. The Hall–Kier alpha value is -2.02. The number of nitrogens with zero attached hydrogens (tertiary/aromatic N) is 3. The van der Waals surface area contributed by atoms with Gasteiger partial charge in [0.2, 0.25) is 0 Å². The lowest BCUT2D eigenvalue weighted by atomic mass is 9.97. The highest BCUT2D eigenvalue weighted by molar-refractivity contribution is 6.31. The Morgan fingerprint density at radius 1 is 1.20 bits per heavy atom. The molecule has 0 spiro atoms. The van der Waals surface area contributed by atoms with E-state index in [1.165, 1.54) is 12.4 Å². The van der Waals surface area contributed by atoms with E-state index in [2.05, 4.69) is 9.97 Å². The summed E-state index contributed by atoms with van der Waals surface area (Å²) in [6, 6.07) is 4.43. The molecule has 25 heavy (non-hydrogen) atoms. The molecule has 134 valence electrons. The number of anilines is 1. The van der Waals surface area contributed by atoms with E-state index in [1.807, 2.05) is 4.90 Å². The molecule has 2 aromatic rings. The fraction of sp³-hybridized carbons (Fsp3) is 0.412. The third-order valence-electron chi connectivity index (χ3n) is 4.22. The zero-order chi connectivity index (χ0) is 17.9. The first-order valence-electron chi connectivity index (χ1n) is 7.94. The lowest BCUT2D eigenvalue weighted by Gasteiger charge is -2.33. The molecule has 0 unspecified atom stereocenters. The van der Waals surface area contributed by atoms with Crippen LogP contribution < -0.4 is 9.64 Å². The average Bonchev–Trinajstić information content (AvgIpc) is 2.61. The van der Waals surface area contributed by atoms with Gasteiger partial charge in [-0.15, -0.1) is 0 Å². The summed E-state index contributed by atoms with van der Waals surface area (Å²) in [6.07, 6.45) is 1.61. The molecular weight excluding hydrogens is 355 g/mol. The van der Waals surface area contributed by atoms with Gasteiger partial charge in [-0.2, -0.15) is 13.2 Å². The van der Waals surface area contributed by atoms with Gasteiger partial charge in [0.15, 0.2) is 0 Å². The second-order valence-electron chi connectivity index (χ2n) is 5.94. The zero-order valence-electron chi connectivity index (χ0n) is 13.3. The standard InChI is InChI=1S/C17H17ClF3N3O/c18-14-10-22-5-2-15(14)25-11-12-3-7-24(8-4-12)13-1-6-23-16(9-13)17(19,20)21/h1-2,5-6,9-10,12H,3-4,7-8,11H2. The van der Waals surface area contributed by atoms with Gasteiger partial charge in [-0.05, 0) is 30.9 Å². The summed E-state index contributed by atoms with van der Waals surface area (Å²) in [5.74, 6) is 0.937. The molecule has 2 aromatic heterocycles. The lowest BCUT2D eigenvalue weighted by molar-refractivity contribution is -0.141. The quantitative estimate of drug-likeness (QED) is 0.796. The van der Waals surface area contributed by atoms with Crippen molar-refractivity contribution in [1.82, 2.24) is 9.97 Å². The van der Waals surface area contributed by atoms with Crippen LogP contribution in [-0.4, -0.2) is 29.7 Å². The first kappa shape index (κ1) is 17.8. The van der Waals surface area contributed by atoms with E-state index in [9.17, 15) is 13.2 Å². The van der Waals surface area contributed by atoms with Gasteiger partial charge in [0.05, 0.1) is 6.61 Å². The van der Waals surface area contributed by atoms with Crippen LogP contribution >= 0.6 is 11.6 Å². The van der Waals surface area contributed by atoms with Gasteiger partial charge >= 0.3 is 6.18 Å². The fourth-order valence-corrected chi connectivity index (χ4v) is 2.99. The van der Waals surface area contributed by atoms with Crippen molar-refractivity contribution in [3.05, 3.63) is 47.5 Å². The maximum Gasteiger partial charge on any atom is 0.433 e. The highest BCUT2D eigenvalue weighted by Crippen LogP contribution is 2.31. The molecule has 1 saturated heterocycles. The summed E-state index contributed by atoms with van der Waals surface area (Å²) in [4.78, 5) is 9.26. The fourth-order valence-electron chi connectivity index (χ4n) is 2.82. The molecule has 1 aliphatic heterocycles. The first-order valence-corrected chi connectivity index (χ1v) is 8.32. The summed E-state index contributed by atoms with van der Waals surface area (Å²) in [5.41, 5.74) is -0.304. The van der Waals surface area contributed by atoms with Gasteiger partial charge in [-0.25, -0.2) is 0 Å². The molecule has 0 aliphatic carbocycles. The number of aromatic nitrogens is 2. The Balaban J connectivity index is 1.55. The van der Waals surface area contributed by atoms with Crippen LogP contribution in [0.4, 0.5) is 18.9 Å². The van der Waals surface area contributed by atoms with Crippen LogP contribution in [0.25, 0.3) is 0 Å². The number of piperidine rings is 1. The van der Waals surface area contributed by atoms with Crippen LogP contribution in [0.3, 0.4) is 0 Å². The van der Waals surface area contributed by atoms with E-state index in [4.69, 9.17) is 16.3 Å². The van der Waals surface area contributed by atoms with Crippen molar-refractivity contribution in [1.29, 1.82) is 0 Å². The molecule has 4 nitrogen and oxygen atoms in total. The molecule has 0 saturated carbocycles. The van der Waals surface area contributed by atoms with E-state index in [0.717, 1.165) is 18.9 Å². The van der Waals surface area contributed by atoms with Crippen molar-refractivity contribution >= 4 is 17.3 Å². The largest absolute Gasteiger partial charge is 0.492 e. The van der Waals surface area contributed by atoms with E-state index in [-0.39, 0.29) is 0 Å². The number of hydrogen-bond donors (Lipinski definition) is 0. The molecule has 1 aliphatic rings. The number of halogens is 4. The van der Waals surface area contributed by atoms with Gasteiger partial charge < -0.3 is 9.64 Å². The smallest absolute Gasteiger partial charge is 0.433 e. The number of pyridine rings is 2. The minimum Gasteiger partial charge on any atom is -0.492 e. The molecule has 0 radical (unpaired) electrons. The summed E-state index contributed by atoms with van der Waals surface area (Å²) in [5, 5.41) is 0.469. The maximum atomic E-state index is 12.8. The SMILES string of the molecule is FC(F)(F)c1cc(N2CCC(COc3ccncc3Cl)CC2)ccn1. The van der Waals surface area contributed by atoms with Gasteiger partial charge in [-0.3, -0.25) is 9.97 Å². The maximum absolute atomic E-state index is 12.8. The van der Waals surface area contributed by atoms with Crippen LogP contribution in [0.15, 0.2) is 36.8 Å². The minimum absolute atomic E-state index is 0.337. The topological polar surface area (TPSA) is 38.2 Å². The minimum atomic E-state index is -4.42. The van der Waals surface area contributed by atoms with E-state index >= 15 is 0 Å². The summed E-state index contributed by atoms with van der Waals surface area (Å²) in [6.45, 7) is 1.89. The van der Waals surface area contributed by atoms with Gasteiger partial charge in [0, 0.05) is 43.4 Å². The van der Waals surface area contributed by atoms with E-state index in [1.54, 1.807) is 18.3 Å². The molecule has 3 heterocycles. The first-order chi connectivity index (χ1) is 11.9. The highest BCUT2D eigenvalue weighted by Gasteiger charge is 2.33. The number of alkyl halides is 3. The predicted octanol–water partition coefficient (Wildman–Crippen LogP) is 4.44. The molecule has 0 aromatic carbocycles. The lowest BCUT2D eigenvalue weighted by Crippen LogP contribution is -2.35. The zero-order valence-corrected chi connectivity index (χ0v) is 14.1. The van der Waals surface area contributed by atoms with E-state index < -0.39 is 11.9 Å². The second kappa shape index (κ2) is 7.47. The van der Waals surface area contributed by atoms with Crippen molar-refractivity contribution in [2.45, 2.75) is 19.0 Å².